The molecule has 0 aromatic rings. The Hall–Kier alpha value is -0.120. The Balaban J connectivity index is 3.00. The maximum Gasteiger partial charge on any atom is 0.0853 e. The standard InChI is InChI=1S/C10H22O3/c1-10(2,3)8-6-4-5-7-9-12-13-11/h11H,4-9H2,1-3H3. The van der Waals surface area contributed by atoms with Crippen LogP contribution in [-0.4, -0.2) is 11.9 Å². The molecule has 0 saturated carbocycles. The van der Waals surface area contributed by atoms with Gasteiger partial charge >= 0.3 is 0 Å². The zero-order valence-corrected chi connectivity index (χ0v) is 9.01. The highest BCUT2D eigenvalue weighted by Crippen LogP contribution is 2.22. The van der Waals surface area contributed by atoms with Crippen LogP contribution in [0.3, 0.4) is 0 Å². The first-order valence-electron chi connectivity index (χ1n) is 4.99. The molecule has 0 bridgehead atoms. The lowest BCUT2D eigenvalue weighted by Gasteiger charge is -2.17. The largest absolute Gasteiger partial charge is 0.221 e. The molecule has 3 nitrogen and oxygen atoms in total. The molecule has 0 rings (SSSR count). The van der Waals surface area contributed by atoms with Crippen LogP contribution in [0.1, 0.15) is 52.9 Å². The summed E-state index contributed by atoms with van der Waals surface area (Å²) in [6.45, 7) is 7.26. The Morgan fingerprint density at radius 2 is 1.62 bits per heavy atom. The minimum atomic E-state index is 0.449. The molecule has 0 unspecified atom stereocenters. The molecule has 1 N–H and O–H groups in total. The second kappa shape index (κ2) is 7.30. The summed E-state index contributed by atoms with van der Waals surface area (Å²) in [6.07, 6.45) is 5.85. The topological polar surface area (TPSA) is 38.7 Å². The van der Waals surface area contributed by atoms with Crippen molar-refractivity contribution in [3.8, 4) is 0 Å². The van der Waals surface area contributed by atoms with Gasteiger partial charge in [-0.3, -0.25) is 0 Å². The Morgan fingerprint density at radius 1 is 1.00 bits per heavy atom. The third-order valence-corrected chi connectivity index (χ3v) is 1.96. The molecule has 0 atom stereocenters. The second-order valence-electron chi connectivity index (χ2n) is 4.62. The van der Waals surface area contributed by atoms with Crippen LogP contribution in [0, 0.1) is 5.41 Å². The fourth-order valence-electron chi connectivity index (χ4n) is 1.21. The summed E-state index contributed by atoms with van der Waals surface area (Å²) in [4.78, 5) is 4.34. The first-order valence-corrected chi connectivity index (χ1v) is 4.99. The van der Waals surface area contributed by atoms with Crippen LogP contribution in [0.5, 0.6) is 0 Å². The number of hydrogen-bond donors (Lipinski definition) is 1. The van der Waals surface area contributed by atoms with Crippen LogP contribution in [0.15, 0.2) is 0 Å². The first kappa shape index (κ1) is 12.9. The third kappa shape index (κ3) is 11.9. The van der Waals surface area contributed by atoms with Crippen molar-refractivity contribution >= 4 is 0 Å². The molecule has 0 aromatic heterocycles. The lowest BCUT2D eigenvalue weighted by atomic mass is 9.89. The molecule has 0 heterocycles. The molecule has 0 aromatic carbocycles. The van der Waals surface area contributed by atoms with Gasteiger partial charge in [0.1, 0.15) is 0 Å². The van der Waals surface area contributed by atoms with Gasteiger partial charge in [0.15, 0.2) is 0 Å². The average Bonchev–Trinajstić information content (AvgIpc) is 2.01. The Bertz CT molecular complexity index is 107. The molecule has 0 saturated heterocycles. The lowest BCUT2D eigenvalue weighted by Crippen LogP contribution is -2.04. The molecule has 0 spiro atoms. The summed E-state index contributed by atoms with van der Waals surface area (Å²) in [5, 5.41) is 11.4. The summed E-state index contributed by atoms with van der Waals surface area (Å²) < 4.78 is 0. The quantitative estimate of drug-likeness (QED) is 0.380. The molecule has 0 aliphatic rings. The molecular weight excluding hydrogens is 168 g/mol. The second-order valence-corrected chi connectivity index (χ2v) is 4.62. The zero-order valence-electron chi connectivity index (χ0n) is 9.01. The normalized spacial score (nSPS) is 12.0. The van der Waals surface area contributed by atoms with Crippen molar-refractivity contribution in [2.45, 2.75) is 52.9 Å². The monoisotopic (exact) mass is 190 g/mol. The van der Waals surface area contributed by atoms with Crippen molar-refractivity contribution in [3.63, 3.8) is 0 Å². The molecule has 0 amide bonds. The van der Waals surface area contributed by atoms with Gasteiger partial charge in [0, 0.05) is 0 Å². The van der Waals surface area contributed by atoms with E-state index in [4.69, 9.17) is 5.26 Å². The minimum Gasteiger partial charge on any atom is -0.221 e. The highest BCUT2D eigenvalue weighted by atomic mass is 17.5. The van der Waals surface area contributed by atoms with Gasteiger partial charge in [-0.1, -0.05) is 45.1 Å². The van der Waals surface area contributed by atoms with E-state index in [1.54, 1.807) is 0 Å². The van der Waals surface area contributed by atoms with E-state index >= 15 is 0 Å². The summed E-state index contributed by atoms with van der Waals surface area (Å²) in [7, 11) is 0. The van der Waals surface area contributed by atoms with Crippen molar-refractivity contribution in [2.75, 3.05) is 6.61 Å². The highest BCUT2D eigenvalue weighted by molar-refractivity contribution is 4.60. The molecule has 13 heavy (non-hydrogen) atoms. The van der Waals surface area contributed by atoms with Crippen molar-refractivity contribution in [3.05, 3.63) is 0 Å². The van der Waals surface area contributed by atoms with E-state index in [-0.39, 0.29) is 0 Å². The predicted molar refractivity (Wildman–Crippen MR) is 52.2 cm³/mol. The van der Waals surface area contributed by atoms with E-state index in [0.717, 1.165) is 12.8 Å². The first-order chi connectivity index (χ1) is 6.06. The van der Waals surface area contributed by atoms with Crippen LogP contribution in [-0.2, 0) is 9.93 Å². The Morgan fingerprint density at radius 3 is 2.15 bits per heavy atom. The molecule has 80 valence electrons. The molecule has 3 heteroatoms. The molecular formula is C10H22O3. The average molecular weight is 190 g/mol. The molecule has 0 aliphatic carbocycles. The molecule has 0 fully saturated rings. The highest BCUT2D eigenvalue weighted by Gasteiger charge is 2.08. The fraction of sp³-hybridized carbons (Fsp3) is 1.00. The summed E-state index contributed by atoms with van der Waals surface area (Å²) in [6, 6.07) is 0. The van der Waals surface area contributed by atoms with Gasteiger partial charge in [-0.25, -0.2) is 10.1 Å². The van der Waals surface area contributed by atoms with Crippen LogP contribution < -0.4 is 0 Å². The SMILES string of the molecule is CC(C)(C)CCCCCCOOO. The van der Waals surface area contributed by atoms with Gasteiger partial charge in [0.2, 0.25) is 0 Å². The van der Waals surface area contributed by atoms with Crippen molar-refractivity contribution < 1.29 is 15.2 Å². The van der Waals surface area contributed by atoms with Crippen LogP contribution >= 0.6 is 0 Å². The minimum absolute atomic E-state index is 0.449. The lowest BCUT2D eigenvalue weighted by molar-refractivity contribution is -0.490. The van der Waals surface area contributed by atoms with E-state index in [2.05, 4.69) is 30.7 Å². The Kier molecular flexibility index (Phi) is 7.23. The summed E-state index contributed by atoms with van der Waals surface area (Å²) >= 11 is 0. The number of unbranched alkanes of at least 4 members (excludes halogenated alkanes) is 3. The van der Waals surface area contributed by atoms with E-state index in [0.29, 0.717) is 12.0 Å². The van der Waals surface area contributed by atoms with Gasteiger partial charge in [-0.05, 0) is 18.3 Å². The number of hydrogen-bond acceptors (Lipinski definition) is 3. The molecule has 0 radical (unpaired) electrons. The van der Waals surface area contributed by atoms with Crippen LogP contribution in [0.4, 0.5) is 0 Å². The van der Waals surface area contributed by atoms with Crippen molar-refractivity contribution in [1.29, 1.82) is 0 Å². The fourth-order valence-corrected chi connectivity index (χ4v) is 1.21. The van der Waals surface area contributed by atoms with Gasteiger partial charge in [-0.2, -0.15) is 0 Å². The smallest absolute Gasteiger partial charge is 0.0853 e. The molecule has 0 aliphatic heterocycles. The van der Waals surface area contributed by atoms with E-state index in [1.165, 1.54) is 19.3 Å². The van der Waals surface area contributed by atoms with E-state index < -0.39 is 0 Å². The number of rotatable bonds is 7. The van der Waals surface area contributed by atoms with Gasteiger partial charge in [-0.15, -0.1) is 0 Å². The maximum atomic E-state index is 7.85. The zero-order chi connectivity index (χ0) is 10.2. The van der Waals surface area contributed by atoms with E-state index in [1.807, 2.05) is 0 Å². The van der Waals surface area contributed by atoms with Gasteiger partial charge in [0.05, 0.1) is 6.61 Å². The van der Waals surface area contributed by atoms with Crippen LogP contribution in [0.25, 0.3) is 0 Å². The predicted octanol–water partition coefficient (Wildman–Crippen LogP) is 3.40. The van der Waals surface area contributed by atoms with Crippen LogP contribution in [0.2, 0.25) is 0 Å². The van der Waals surface area contributed by atoms with Gasteiger partial charge < -0.3 is 0 Å². The van der Waals surface area contributed by atoms with Gasteiger partial charge in [0.25, 0.3) is 0 Å². The van der Waals surface area contributed by atoms with E-state index in [9.17, 15) is 0 Å². The van der Waals surface area contributed by atoms with Crippen molar-refractivity contribution in [1.82, 2.24) is 0 Å². The maximum absolute atomic E-state index is 7.85. The third-order valence-electron chi connectivity index (χ3n) is 1.96. The Labute approximate surface area is 80.9 Å². The summed E-state index contributed by atoms with van der Waals surface area (Å²) in [5.41, 5.74) is 0.449. The van der Waals surface area contributed by atoms with Crippen molar-refractivity contribution in [2.24, 2.45) is 5.41 Å². The summed E-state index contributed by atoms with van der Waals surface area (Å²) in [5.74, 6) is 0.